The maximum absolute atomic E-state index is 8.60. The first-order valence-electron chi connectivity index (χ1n) is 8.44. The van der Waals surface area contributed by atoms with E-state index in [1.54, 1.807) is 0 Å². The number of aliphatic hydroxyl groups excluding tert-OH is 1. The first-order chi connectivity index (χ1) is 9.91. The lowest BCUT2D eigenvalue weighted by Crippen LogP contribution is -1.80. The van der Waals surface area contributed by atoms with Gasteiger partial charge in [0.15, 0.2) is 0 Å². The van der Waals surface area contributed by atoms with Gasteiger partial charge in [0.1, 0.15) is 0 Å². The summed E-state index contributed by atoms with van der Waals surface area (Å²) in [6.45, 7) is 2.49. The van der Waals surface area contributed by atoms with Gasteiger partial charge in [-0.05, 0) is 25.7 Å². The number of hydrogen-bond donors (Lipinski definition) is 1. The molecule has 0 saturated heterocycles. The molecule has 20 heavy (non-hydrogen) atoms. The van der Waals surface area contributed by atoms with Crippen LogP contribution in [0.3, 0.4) is 0 Å². The summed E-state index contributed by atoms with van der Waals surface area (Å²) in [6, 6.07) is 0. The summed E-state index contributed by atoms with van der Waals surface area (Å²) in [5, 5.41) is 8.60. The van der Waals surface area contributed by atoms with Gasteiger partial charge in [-0.25, -0.2) is 0 Å². The molecule has 0 heterocycles. The van der Waals surface area contributed by atoms with Crippen molar-refractivity contribution in [1.82, 2.24) is 0 Å². The van der Waals surface area contributed by atoms with Gasteiger partial charge >= 0.3 is 0 Å². The Balaban J connectivity index is 3.14. The Hall–Kier alpha value is -0.920. The minimum Gasteiger partial charge on any atom is -0.396 e. The highest BCUT2D eigenvalue weighted by atomic mass is 16.2. The van der Waals surface area contributed by atoms with Crippen LogP contribution >= 0.6 is 0 Å². The number of aliphatic hydroxyl groups is 1. The van der Waals surface area contributed by atoms with Gasteiger partial charge in [-0.1, -0.05) is 39.0 Å². The molecule has 0 aromatic carbocycles. The highest BCUT2D eigenvalue weighted by Crippen LogP contribution is 2.06. The molecule has 0 aliphatic rings. The van der Waals surface area contributed by atoms with Crippen molar-refractivity contribution >= 4 is 0 Å². The minimum atomic E-state index is 0.260. The zero-order chi connectivity index (χ0) is 14.7. The lowest BCUT2D eigenvalue weighted by molar-refractivity contribution is 0.290. The molecule has 0 unspecified atom stereocenters. The van der Waals surface area contributed by atoms with Crippen LogP contribution in [0.25, 0.3) is 0 Å². The van der Waals surface area contributed by atoms with Crippen molar-refractivity contribution in [2.75, 3.05) is 6.61 Å². The Morgan fingerprint density at radius 2 is 0.950 bits per heavy atom. The third-order valence-corrected chi connectivity index (χ3v) is 3.22. The molecule has 1 nitrogen and oxygen atoms in total. The van der Waals surface area contributed by atoms with Crippen molar-refractivity contribution in [2.45, 2.75) is 90.4 Å². The normalized spacial score (nSPS) is 9.50. The zero-order valence-electron chi connectivity index (χ0n) is 13.3. The molecule has 0 amide bonds. The predicted molar refractivity (Wildman–Crippen MR) is 88.3 cm³/mol. The van der Waals surface area contributed by atoms with Crippen molar-refractivity contribution in [3.05, 3.63) is 0 Å². The maximum Gasteiger partial charge on any atom is 0.0440 e. The van der Waals surface area contributed by atoms with Crippen LogP contribution in [0.4, 0.5) is 0 Å². The van der Waals surface area contributed by atoms with Crippen LogP contribution in [0.15, 0.2) is 0 Å². The molecule has 1 heteroatoms. The fraction of sp³-hybridized carbons (Fsp3) is 0.789. The quantitative estimate of drug-likeness (QED) is 0.412. The van der Waals surface area contributed by atoms with Crippen molar-refractivity contribution in [1.29, 1.82) is 0 Å². The molecule has 0 bridgehead atoms. The predicted octanol–water partition coefficient (Wildman–Crippen LogP) is 5.08. The number of rotatable bonds is 11. The SMILES string of the molecule is CCCCCC#CCCCCCCCC#CCCCO. The third-order valence-electron chi connectivity index (χ3n) is 3.22. The lowest BCUT2D eigenvalue weighted by Gasteiger charge is -1.96. The van der Waals surface area contributed by atoms with E-state index in [9.17, 15) is 0 Å². The molecule has 0 fully saturated rings. The van der Waals surface area contributed by atoms with Gasteiger partial charge in [-0.3, -0.25) is 0 Å². The summed E-state index contributed by atoms with van der Waals surface area (Å²) in [7, 11) is 0. The standard InChI is InChI=1S/C19H32O/c1-2-3-4-5-6-7-8-9-10-11-12-13-14-15-16-17-18-19-20/h20H,2-5,8-14,17-19H2,1H3. The molecule has 0 aromatic rings. The fourth-order valence-electron chi connectivity index (χ4n) is 1.94. The van der Waals surface area contributed by atoms with E-state index in [1.165, 1.54) is 51.4 Å². The Bertz CT molecular complexity index is 297. The third kappa shape index (κ3) is 17.1. The summed E-state index contributed by atoms with van der Waals surface area (Å²) in [5.41, 5.74) is 0. The zero-order valence-corrected chi connectivity index (χ0v) is 13.3. The molecule has 0 radical (unpaired) electrons. The molecule has 0 aromatic heterocycles. The van der Waals surface area contributed by atoms with Gasteiger partial charge in [0.2, 0.25) is 0 Å². The van der Waals surface area contributed by atoms with Crippen LogP contribution in [0.5, 0.6) is 0 Å². The molecule has 0 aliphatic heterocycles. The monoisotopic (exact) mass is 276 g/mol. The van der Waals surface area contributed by atoms with Crippen molar-refractivity contribution < 1.29 is 5.11 Å². The summed E-state index contributed by atoms with van der Waals surface area (Å²) in [6.07, 6.45) is 15.1. The van der Waals surface area contributed by atoms with Crippen LogP contribution < -0.4 is 0 Å². The van der Waals surface area contributed by atoms with Gasteiger partial charge < -0.3 is 5.11 Å². The first kappa shape index (κ1) is 19.1. The smallest absolute Gasteiger partial charge is 0.0440 e. The van der Waals surface area contributed by atoms with Crippen molar-refractivity contribution in [3.8, 4) is 23.7 Å². The average molecular weight is 276 g/mol. The topological polar surface area (TPSA) is 20.2 Å². The number of hydrogen-bond acceptors (Lipinski definition) is 1. The van der Waals surface area contributed by atoms with Gasteiger partial charge in [0, 0.05) is 32.3 Å². The molecule has 114 valence electrons. The summed E-state index contributed by atoms with van der Waals surface area (Å²) in [5.74, 6) is 12.8. The first-order valence-corrected chi connectivity index (χ1v) is 8.44. The summed E-state index contributed by atoms with van der Waals surface area (Å²) >= 11 is 0. The number of unbranched alkanes of at least 4 members (excludes halogenated alkanes) is 10. The highest BCUT2D eigenvalue weighted by molar-refractivity contribution is 4.99. The largest absolute Gasteiger partial charge is 0.396 e. The van der Waals surface area contributed by atoms with Crippen LogP contribution in [-0.2, 0) is 0 Å². The van der Waals surface area contributed by atoms with Gasteiger partial charge in [-0.15, -0.1) is 23.7 Å². The van der Waals surface area contributed by atoms with Gasteiger partial charge in [0.05, 0.1) is 0 Å². The van der Waals surface area contributed by atoms with E-state index in [2.05, 4.69) is 30.6 Å². The molecule has 0 rings (SSSR count). The lowest BCUT2D eigenvalue weighted by atomic mass is 10.1. The summed E-state index contributed by atoms with van der Waals surface area (Å²) in [4.78, 5) is 0. The van der Waals surface area contributed by atoms with Crippen LogP contribution in [0.2, 0.25) is 0 Å². The van der Waals surface area contributed by atoms with Crippen molar-refractivity contribution in [3.63, 3.8) is 0 Å². The molecule has 1 N–H and O–H groups in total. The Labute approximate surface area is 126 Å². The Morgan fingerprint density at radius 3 is 1.40 bits per heavy atom. The van der Waals surface area contributed by atoms with Crippen LogP contribution in [0, 0.1) is 23.7 Å². The van der Waals surface area contributed by atoms with E-state index in [1.807, 2.05) is 0 Å². The van der Waals surface area contributed by atoms with E-state index in [-0.39, 0.29) is 6.61 Å². The minimum absolute atomic E-state index is 0.260. The Morgan fingerprint density at radius 1 is 0.550 bits per heavy atom. The van der Waals surface area contributed by atoms with E-state index in [4.69, 9.17) is 5.11 Å². The molecule has 0 atom stereocenters. The summed E-state index contributed by atoms with van der Waals surface area (Å²) < 4.78 is 0. The maximum atomic E-state index is 8.60. The molecular formula is C19H32O. The second kappa shape index (κ2) is 18.1. The van der Waals surface area contributed by atoms with Gasteiger partial charge in [-0.2, -0.15) is 0 Å². The second-order valence-electron chi connectivity index (χ2n) is 5.26. The van der Waals surface area contributed by atoms with Crippen molar-refractivity contribution in [2.24, 2.45) is 0 Å². The van der Waals surface area contributed by atoms with Gasteiger partial charge in [0.25, 0.3) is 0 Å². The molecule has 0 aliphatic carbocycles. The van der Waals surface area contributed by atoms with E-state index in [0.717, 1.165) is 32.1 Å². The van der Waals surface area contributed by atoms with Crippen LogP contribution in [-0.4, -0.2) is 11.7 Å². The fourth-order valence-corrected chi connectivity index (χ4v) is 1.94. The van der Waals surface area contributed by atoms with E-state index < -0.39 is 0 Å². The van der Waals surface area contributed by atoms with Crippen LogP contribution in [0.1, 0.15) is 90.4 Å². The molecular weight excluding hydrogens is 244 g/mol. The second-order valence-corrected chi connectivity index (χ2v) is 5.26. The molecule has 0 spiro atoms. The molecule has 0 saturated carbocycles. The average Bonchev–Trinajstić information content (AvgIpc) is 2.47. The van der Waals surface area contributed by atoms with E-state index >= 15 is 0 Å². The Kier molecular flexibility index (Phi) is 17.2. The van der Waals surface area contributed by atoms with E-state index in [0.29, 0.717) is 0 Å². The highest BCUT2D eigenvalue weighted by Gasteiger charge is 1.89.